The van der Waals surface area contributed by atoms with Gasteiger partial charge in [0.2, 0.25) is 0 Å². The zero-order chi connectivity index (χ0) is 13.4. The Balaban J connectivity index is 2.01. The summed E-state index contributed by atoms with van der Waals surface area (Å²) < 4.78 is 11.2. The molecule has 102 valence electrons. The van der Waals surface area contributed by atoms with Crippen LogP contribution in [0.4, 0.5) is 0 Å². The molecule has 1 aliphatic rings. The largest absolute Gasteiger partial charge is 0.493 e. The summed E-state index contributed by atoms with van der Waals surface area (Å²) in [7, 11) is 1.62. The van der Waals surface area contributed by atoms with Crippen LogP contribution in [-0.4, -0.2) is 7.11 Å². The Kier molecular flexibility index (Phi) is 3.42. The second-order valence-electron chi connectivity index (χ2n) is 5.25. The predicted molar refractivity (Wildman–Crippen MR) is 76.7 cm³/mol. The highest BCUT2D eigenvalue weighted by molar-refractivity contribution is 6.31. The Morgan fingerprint density at radius 1 is 1.32 bits per heavy atom. The SMILES string of the molecule is COc1cc(Cl)cc2cc(C(N)C3CCCC3)oc12. The number of benzene rings is 1. The van der Waals surface area contributed by atoms with E-state index in [1.54, 1.807) is 13.2 Å². The number of halogens is 1. The van der Waals surface area contributed by atoms with Gasteiger partial charge in [-0.25, -0.2) is 0 Å². The maximum absolute atomic E-state index is 6.33. The molecule has 1 aromatic carbocycles. The van der Waals surface area contributed by atoms with Crippen molar-refractivity contribution in [1.82, 2.24) is 0 Å². The first-order valence-electron chi connectivity index (χ1n) is 6.71. The van der Waals surface area contributed by atoms with Gasteiger partial charge < -0.3 is 14.9 Å². The summed E-state index contributed by atoms with van der Waals surface area (Å²) in [6.07, 6.45) is 4.92. The van der Waals surface area contributed by atoms with Crippen LogP contribution >= 0.6 is 11.6 Å². The molecule has 0 bridgehead atoms. The maximum Gasteiger partial charge on any atom is 0.176 e. The van der Waals surface area contributed by atoms with Gasteiger partial charge in [0.1, 0.15) is 5.76 Å². The van der Waals surface area contributed by atoms with Crippen molar-refractivity contribution in [3.05, 3.63) is 29.0 Å². The molecule has 1 atom stereocenters. The van der Waals surface area contributed by atoms with Crippen molar-refractivity contribution in [2.24, 2.45) is 11.7 Å². The Bertz CT molecular complexity index is 587. The number of rotatable bonds is 3. The van der Waals surface area contributed by atoms with E-state index in [1.807, 2.05) is 12.1 Å². The molecule has 4 heteroatoms. The molecule has 2 N–H and O–H groups in total. The summed E-state index contributed by atoms with van der Waals surface area (Å²) in [6.45, 7) is 0. The minimum atomic E-state index is -0.0293. The van der Waals surface area contributed by atoms with Crippen molar-refractivity contribution in [3.8, 4) is 5.75 Å². The molecule has 19 heavy (non-hydrogen) atoms. The highest BCUT2D eigenvalue weighted by Crippen LogP contribution is 2.38. The molecular formula is C15H18ClNO2. The Morgan fingerprint density at radius 3 is 2.74 bits per heavy atom. The molecule has 0 aliphatic heterocycles. The Labute approximate surface area is 117 Å². The van der Waals surface area contributed by atoms with Gasteiger partial charge in [-0.2, -0.15) is 0 Å². The summed E-state index contributed by atoms with van der Waals surface area (Å²) in [4.78, 5) is 0. The van der Waals surface area contributed by atoms with Crippen LogP contribution in [0.2, 0.25) is 5.02 Å². The topological polar surface area (TPSA) is 48.4 Å². The summed E-state index contributed by atoms with van der Waals surface area (Å²) in [5.41, 5.74) is 7.06. The van der Waals surface area contributed by atoms with Gasteiger partial charge in [-0.15, -0.1) is 0 Å². The smallest absolute Gasteiger partial charge is 0.176 e. The van der Waals surface area contributed by atoms with Crippen LogP contribution in [0.1, 0.15) is 37.5 Å². The number of furan rings is 1. The standard InChI is InChI=1S/C15H18ClNO2/c1-18-13-8-11(16)6-10-7-12(19-15(10)13)14(17)9-4-2-3-5-9/h6-9,14H,2-5,17H2,1H3. The van der Waals surface area contributed by atoms with Crippen molar-refractivity contribution in [2.75, 3.05) is 7.11 Å². The molecule has 0 spiro atoms. The van der Waals surface area contributed by atoms with Gasteiger partial charge in [0.05, 0.1) is 13.2 Å². The summed E-state index contributed by atoms with van der Waals surface area (Å²) in [6, 6.07) is 5.61. The molecule has 2 aromatic rings. The van der Waals surface area contributed by atoms with E-state index in [-0.39, 0.29) is 6.04 Å². The fourth-order valence-electron chi connectivity index (χ4n) is 2.97. The number of methoxy groups -OCH3 is 1. The van der Waals surface area contributed by atoms with Gasteiger partial charge in [-0.05, 0) is 30.9 Å². The fraction of sp³-hybridized carbons (Fsp3) is 0.467. The van der Waals surface area contributed by atoms with Crippen LogP contribution in [0.5, 0.6) is 5.75 Å². The first-order valence-corrected chi connectivity index (χ1v) is 7.09. The van der Waals surface area contributed by atoms with Gasteiger partial charge in [-0.3, -0.25) is 0 Å². The van der Waals surface area contributed by atoms with Crippen molar-refractivity contribution < 1.29 is 9.15 Å². The van der Waals surface area contributed by atoms with E-state index in [0.29, 0.717) is 16.7 Å². The highest BCUT2D eigenvalue weighted by atomic mass is 35.5. The fourth-order valence-corrected chi connectivity index (χ4v) is 3.19. The average molecular weight is 280 g/mol. The van der Waals surface area contributed by atoms with Crippen LogP contribution in [0.25, 0.3) is 11.0 Å². The molecule has 1 saturated carbocycles. The zero-order valence-electron chi connectivity index (χ0n) is 11.0. The van der Waals surface area contributed by atoms with E-state index < -0.39 is 0 Å². The van der Waals surface area contributed by atoms with E-state index in [2.05, 4.69) is 0 Å². The summed E-state index contributed by atoms with van der Waals surface area (Å²) in [5.74, 6) is 2.02. The third kappa shape index (κ3) is 2.33. The molecule has 1 aromatic heterocycles. The molecule has 3 nitrogen and oxygen atoms in total. The van der Waals surface area contributed by atoms with Crippen LogP contribution in [0, 0.1) is 5.92 Å². The molecule has 1 fully saturated rings. The monoisotopic (exact) mass is 279 g/mol. The molecule has 1 aliphatic carbocycles. The van der Waals surface area contributed by atoms with Crippen molar-refractivity contribution in [1.29, 1.82) is 0 Å². The number of hydrogen-bond acceptors (Lipinski definition) is 3. The average Bonchev–Trinajstić information content (AvgIpc) is 3.05. The molecule has 3 rings (SSSR count). The van der Waals surface area contributed by atoms with Gasteiger partial charge in [0, 0.05) is 16.5 Å². The first-order chi connectivity index (χ1) is 9.19. The van der Waals surface area contributed by atoms with E-state index in [0.717, 1.165) is 16.7 Å². The normalized spacial score (nSPS) is 18.1. The number of hydrogen-bond donors (Lipinski definition) is 1. The van der Waals surface area contributed by atoms with Gasteiger partial charge in [-0.1, -0.05) is 24.4 Å². The number of nitrogens with two attached hydrogens (primary N) is 1. The van der Waals surface area contributed by atoms with E-state index in [1.165, 1.54) is 25.7 Å². The summed E-state index contributed by atoms with van der Waals surface area (Å²) in [5, 5.41) is 1.60. The minimum Gasteiger partial charge on any atom is -0.493 e. The number of ether oxygens (including phenoxy) is 1. The van der Waals surface area contributed by atoms with E-state index >= 15 is 0 Å². The second kappa shape index (κ2) is 5.06. The Morgan fingerprint density at radius 2 is 2.05 bits per heavy atom. The lowest BCUT2D eigenvalue weighted by molar-refractivity contribution is 0.370. The quantitative estimate of drug-likeness (QED) is 0.912. The van der Waals surface area contributed by atoms with Crippen LogP contribution in [0.3, 0.4) is 0 Å². The third-order valence-corrected chi connectivity index (χ3v) is 4.24. The van der Waals surface area contributed by atoms with Crippen LogP contribution < -0.4 is 10.5 Å². The minimum absolute atomic E-state index is 0.0293. The van der Waals surface area contributed by atoms with E-state index in [4.69, 9.17) is 26.5 Å². The van der Waals surface area contributed by atoms with Crippen molar-refractivity contribution in [3.63, 3.8) is 0 Å². The first kappa shape index (κ1) is 12.8. The van der Waals surface area contributed by atoms with Crippen LogP contribution in [-0.2, 0) is 0 Å². The summed E-state index contributed by atoms with van der Waals surface area (Å²) >= 11 is 6.07. The molecule has 1 unspecified atom stereocenters. The van der Waals surface area contributed by atoms with Crippen molar-refractivity contribution in [2.45, 2.75) is 31.7 Å². The molecule has 0 saturated heterocycles. The lowest BCUT2D eigenvalue weighted by Gasteiger charge is -2.15. The zero-order valence-corrected chi connectivity index (χ0v) is 11.7. The molecule has 1 heterocycles. The lowest BCUT2D eigenvalue weighted by atomic mass is 9.97. The molecule has 0 amide bonds. The van der Waals surface area contributed by atoms with Gasteiger partial charge in [0.25, 0.3) is 0 Å². The van der Waals surface area contributed by atoms with Gasteiger partial charge in [0.15, 0.2) is 11.3 Å². The second-order valence-corrected chi connectivity index (χ2v) is 5.68. The predicted octanol–water partition coefficient (Wildman–Crippen LogP) is 4.28. The van der Waals surface area contributed by atoms with Crippen LogP contribution in [0.15, 0.2) is 22.6 Å². The highest BCUT2D eigenvalue weighted by Gasteiger charge is 2.26. The van der Waals surface area contributed by atoms with Crippen molar-refractivity contribution >= 4 is 22.6 Å². The lowest BCUT2D eigenvalue weighted by Crippen LogP contribution is -2.18. The van der Waals surface area contributed by atoms with Gasteiger partial charge >= 0.3 is 0 Å². The molecular weight excluding hydrogens is 262 g/mol. The Hall–Kier alpha value is -1.19. The third-order valence-electron chi connectivity index (χ3n) is 4.02. The number of fused-ring (bicyclic) bond motifs is 1. The molecule has 0 radical (unpaired) electrons. The maximum atomic E-state index is 6.33. The van der Waals surface area contributed by atoms with E-state index in [9.17, 15) is 0 Å².